The molecule has 1 saturated carbocycles. The maximum absolute atomic E-state index is 12.4. The molecule has 1 aliphatic carbocycles. The zero-order valence-electron chi connectivity index (χ0n) is 9.76. The number of benzene rings is 1. The van der Waals surface area contributed by atoms with Crippen LogP contribution in [-0.4, -0.2) is 5.78 Å². The van der Waals surface area contributed by atoms with Gasteiger partial charge in [-0.3, -0.25) is 4.79 Å². The van der Waals surface area contributed by atoms with Crippen LogP contribution in [0.1, 0.15) is 36.8 Å². The van der Waals surface area contributed by atoms with Gasteiger partial charge in [-0.1, -0.05) is 12.1 Å². The minimum Gasteiger partial charge on any atom is -0.295 e. The highest BCUT2D eigenvalue weighted by molar-refractivity contribution is 6.00. The second-order valence-electron chi connectivity index (χ2n) is 4.42. The number of carbonyl (C=O) groups excluding carboxylic acids is 1. The van der Waals surface area contributed by atoms with E-state index >= 15 is 0 Å². The van der Waals surface area contributed by atoms with E-state index < -0.39 is 11.7 Å². The minimum atomic E-state index is -4.31. The molecule has 0 aliphatic heterocycles. The summed E-state index contributed by atoms with van der Waals surface area (Å²) in [7, 11) is 0. The molecule has 1 aliphatic rings. The summed E-state index contributed by atoms with van der Waals surface area (Å²) in [5, 5.41) is 0. The van der Waals surface area contributed by atoms with Crippen molar-refractivity contribution in [3.8, 4) is 0 Å². The average molecular weight is 254 g/mol. The van der Waals surface area contributed by atoms with Crippen molar-refractivity contribution in [1.82, 2.24) is 0 Å². The Balaban J connectivity index is 2.20. The number of hydrogen-bond donors (Lipinski definition) is 0. The van der Waals surface area contributed by atoms with E-state index in [4.69, 9.17) is 0 Å². The normalized spacial score (nSPS) is 19.3. The van der Waals surface area contributed by atoms with Gasteiger partial charge in [0.2, 0.25) is 0 Å². The van der Waals surface area contributed by atoms with Crippen LogP contribution in [0.25, 0.3) is 6.08 Å². The lowest BCUT2D eigenvalue weighted by Gasteiger charge is -2.12. The third-order valence-corrected chi connectivity index (χ3v) is 3.04. The summed E-state index contributed by atoms with van der Waals surface area (Å²) in [6.45, 7) is 0. The van der Waals surface area contributed by atoms with Gasteiger partial charge in [0, 0.05) is 6.42 Å². The first-order valence-electron chi connectivity index (χ1n) is 5.88. The monoisotopic (exact) mass is 254 g/mol. The molecule has 0 heterocycles. The Kier molecular flexibility index (Phi) is 3.55. The molecule has 0 aromatic heterocycles. The lowest BCUT2D eigenvalue weighted by molar-refractivity contribution is -0.137. The third-order valence-electron chi connectivity index (χ3n) is 3.04. The maximum Gasteiger partial charge on any atom is 0.416 e. The van der Waals surface area contributed by atoms with Crippen molar-refractivity contribution in [3.05, 3.63) is 41.0 Å². The molecule has 0 amide bonds. The number of ketones is 1. The first-order chi connectivity index (χ1) is 8.47. The highest BCUT2D eigenvalue weighted by Gasteiger charge is 2.29. The van der Waals surface area contributed by atoms with Gasteiger partial charge >= 0.3 is 6.18 Å². The zero-order valence-corrected chi connectivity index (χ0v) is 9.76. The van der Waals surface area contributed by atoms with Crippen LogP contribution in [0.2, 0.25) is 0 Å². The Morgan fingerprint density at radius 2 is 1.61 bits per heavy atom. The van der Waals surface area contributed by atoms with Crippen LogP contribution >= 0.6 is 0 Å². The van der Waals surface area contributed by atoms with Crippen molar-refractivity contribution in [2.45, 2.75) is 31.9 Å². The quantitative estimate of drug-likeness (QED) is 0.685. The second kappa shape index (κ2) is 4.96. The number of allylic oxidation sites excluding steroid dienone is 1. The summed E-state index contributed by atoms with van der Waals surface area (Å²) in [6, 6.07) is 4.88. The Labute approximate surface area is 103 Å². The van der Waals surface area contributed by atoms with Crippen LogP contribution in [-0.2, 0) is 11.0 Å². The Bertz CT molecular complexity index is 469. The fourth-order valence-electron chi connectivity index (χ4n) is 2.02. The van der Waals surface area contributed by atoms with Crippen molar-refractivity contribution >= 4 is 11.9 Å². The van der Waals surface area contributed by atoms with E-state index in [0.29, 0.717) is 12.0 Å². The van der Waals surface area contributed by atoms with Crippen molar-refractivity contribution in [2.75, 3.05) is 0 Å². The number of rotatable bonds is 1. The summed E-state index contributed by atoms with van der Waals surface area (Å²) in [5.74, 6) is 0.112. The molecule has 18 heavy (non-hydrogen) atoms. The summed E-state index contributed by atoms with van der Waals surface area (Å²) in [6.07, 6.45) is 0.529. The van der Waals surface area contributed by atoms with Gasteiger partial charge in [0.05, 0.1) is 5.56 Å². The summed E-state index contributed by atoms with van der Waals surface area (Å²) >= 11 is 0. The Hall–Kier alpha value is -1.58. The smallest absolute Gasteiger partial charge is 0.295 e. The molecule has 0 radical (unpaired) electrons. The largest absolute Gasteiger partial charge is 0.416 e. The van der Waals surface area contributed by atoms with Crippen molar-refractivity contribution in [2.24, 2.45) is 0 Å². The second-order valence-corrected chi connectivity index (χ2v) is 4.42. The van der Waals surface area contributed by atoms with E-state index in [-0.39, 0.29) is 5.78 Å². The average Bonchev–Trinajstić information content (AvgIpc) is 2.32. The van der Waals surface area contributed by atoms with E-state index in [1.807, 2.05) is 0 Å². The predicted molar refractivity (Wildman–Crippen MR) is 62.9 cm³/mol. The third kappa shape index (κ3) is 3.00. The van der Waals surface area contributed by atoms with Gasteiger partial charge < -0.3 is 0 Å². The number of carbonyl (C=O) groups is 1. The van der Waals surface area contributed by atoms with Gasteiger partial charge in [0.15, 0.2) is 5.78 Å². The molecule has 0 bridgehead atoms. The topological polar surface area (TPSA) is 17.1 Å². The van der Waals surface area contributed by atoms with Crippen LogP contribution in [0.4, 0.5) is 13.2 Å². The molecule has 96 valence electrons. The van der Waals surface area contributed by atoms with Gasteiger partial charge in [-0.2, -0.15) is 13.2 Å². The lowest BCUT2D eigenvalue weighted by Crippen LogP contribution is -2.08. The molecule has 0 N–H and O–H groups in total. The predicted octanol–water partition coefficient (Wildman–Crippen LogP) is 4.23. The van der Waals surface area contributed by atoms with E-state index in [2.05, 4.69) is 0 Å². The van der Waals surface area contributed by atoms with E-state index in [1.54, 1.807) is 6.08 Å². The lowest BCUT2D eigenvalue weighted by atomic mass is 9.92. The summed E-state index contributed by atoms with van der Waals surface area (Å²) in [4.78, 5) is 11.6. The van der Waals surface area contributed by atoms with Gasteiger partial charge in [-0.15, -0.1) is 0 Å². The summed E-state index contributed by atoms with van der Waals surface area (Å²) < 4.78 is 37.1. The number of alkyl halides is 3. The fourth-order valence-corrected chi connectivity index (χ4v) is 2.02. The minimum absolute atomic E-state index is 0.112. The van der Waals surface area contributed by atoms with Gasteiger partial charge in [0.1, 0.15) is 0 Å². The summed E-state index contributed by atoms with van der Waals surface area (Å²) in [5.41, 5.74) is 0.703. The van der Waals surface area contributed by atoms with Crippen molar-refractivity contribution < 1.29 is 18.0 Å². The SMILES string of the molecule is O=C1CCCC/C1=C/c1ccc(C(F)(F)F)cc1. The molecule has 4 heteroatoms. The van der Waals surface area contributed by atoms with E-state index in [0.717, 1.165) is 37.0 Å². The molecular weight excluding hydrogens is 241 g/mol. The molecule has 1 fully saturated rings. The molecule has 0 atom stereocenters. The molecule has 2 rings (SSSR count). The maximum atomic E-state index is 12.4. The van der Waals surface area contributed by atoms with Crippen LogP contribution in [0.5, 0.6) is 0 Å². The molecule has 0 saturated heterocycles. The molecule has 0 unspecified atom stereocenters. The molecule has 0 spiro atoms. The van der Waals surface area contributed by atoms with Crippen LogP contribution in [0.15, 0.2) is 29.8 Å². The van der Waals surface area contributed by atoms with Gasteiger partial charge in [0.25, 0.3) is 0 Å². The zero-order chi connectivity index (χ0) is 13.2. The van der Waals surface area contributed by atoms with Crippen molar-refractivity contribution in [3.63, 3.8) is 0 Å². The van der Waals surface area contributed by atoms with Crippen LogP contribution < -0.4 is 0 Å². The standard InChI is InChI=1S/C14H13F3O/c15-14(16,17)12-7-5-10(6-8-12)9-11-3-1-2-4-13(11)18/h5-9H,1-4H2/b11-9-. The van der Waals surface area contributed by atoms with E-state index in [1.165, 1.54) is 12.1 Å². The first-order valence-corrected chi connectivity index (χ1v) is 5.88. The Morgan fingerprint density at radius 1 is 1.00 bits per heavy atom. The van der Waals surface area contributed by atoms with Crippen molar-refractivity contribution in [1.29, 1.82) is 0 Å². The van der Waals surface area contributed by atoms with Gasteiger partial charge in [-0.05, 0) is 48.6 Å². The molecular formula is C14H13F3O. The van der Waals surface area contributed by atoms with Crippen LogP contribution in [0, 0.1) is 0 Å². The molecule has 1 nitrogen and oxygen atoms in total. The molecule has 1 aromatic rings. The highest BCUT2D eigenvalue weighted by Crippen LogP contribution is 2.29. The first kappa shape index (κ1) is 12.9. The number of halogens is 3. The number of hydrogen-bond acceptors (Lipinski definition) is 1. The van der Waals surface area contributed by atoms with E-state index in [9.17, 15) is 18.0 Å². The highest BCUT2D eigenvalue weighted by atomic mass is 19.4. The van der Waals surface area contributed by atoms with Crippen LogP contribution in [0.3, 0.4) is 0 Å². The molecule has 1 aromatic carbocycles. The fraction of sp³-hybridized carbons (Fsp3) is 0.357. The van der Waals surface area contributed by atoms with Gasteiger partial charge in [-0.25, -0.2) is 0 Å². The Morgan fingerprint density at radius 3 is 2.17 bits per heavy atom. The number of Topliss-reactive ketones (excluding diaryl/α,β-unsaturated/α-hetero) is 1.